The number of hydrogen-bond acceptors (Lipinski definition) is 5. The third-order valence-electron chi connectivity index (χ3n) is 2.50. The van der Waals surface area contributed by atoms with E-state index in [1.807, 2.05) is 0 Å². The molecule has 0 saturated heterocycles. The van der Waals surface area contributed by atoms with E-state index >= 15 is 0 Å². The van der Waals surface area contributed by atoms with E-state index in [0.29, 0.717) is 0 Å². The van der Waals surface area contributed by atoms with Crippen molar-refractivity contribution in [3.8, 4) is 6.07 Å². The molecule has 108 valence electrons. The van der Waals surface area contributed by atoms with Gasteiger partial charge in [0.15, 0.2) is 0 Å². The lowest BCUT2D eigenvalue weighted by Crippen LogP contribution is -2.41. The summed E-state index contributed by atoms with van der Waals surface area (Å²) in [7, 11) is -2.70. The summed E-state index contributed by atoms with van der Waals surface area (Å²) in [4.78, 5) is 10.8. The Hall–Kier alpha value is -1.95. The highest BCUT2D eigenvalue weighted by Crippen LogP contribution is 2.15. The first kappa shape index (κ1) is 16.1. The second-order valence-corrected chi connectivity index (χ2v) is 5.58. The minimum Gasteiger partial charge on any atom is -0.480 e. The van der Waals surface area contributed by atoms with Crippen LogP contribution in [0.25, 0.3) is 0 Å². The lowest BCUT2D eigenvalue weighted by Gasteiger charge is -2.14. The molecule has 1 atom stereocenters. The largest absolute Gasteiger partial charge is 0.480 e. The molecule has 7 nitrogen and oxygen atoms in total. The van der Waals surface area contributed by atoms with Crippen molar-refractivity contribution in [1.29, 1.82) is 5.26 Å². The number of nitrogens with one attached hydrogen (secondary N) is 1. The Morgan fingerprint density at radius 1 is 1.50 bits per heavy atom. The molecule has 0 aliphatic carbocycles. The van der Waals surface area contributed by atoms with E-state index in [1.54, 1.807) is 6.07 Å². The molecular formula is C12H14N2O5S. The van der Waals surface area contributed by atoms with Crippen LogP contribution in [0.2, 0.25) is 0 Å². The van der Waals surface area contributed by atoms with Crippen molar-refractivity contribution in [1.82, 2.24) is 4.72 Å². The molecule has 2 N–H and O–H groups in total. The van der Waals surface area contributed by atoms with Gasteiger partial charge in [-0.25, -0.2) is 8.42 Å². The van der Waals surface area contributed by atoms with E-state index in [1.165, 1.54) is 31.4 Å². The Morgan fingerprint density at radius 2 is 2.15 bits per heavy atom. The predicted molar refractivity (Wildman–Crippen MR) is 69.4 cm³/mol. The third-order valence-corrected chi connectivity index (χ3v) is 4.03. The van der Waals surface area contributed by atoms with Crippen LogP contribution in [-0.4, -0.2) is 39.3 Å². The summed E-state index contributed by atoms with van der Waals surface area (Å²) in [5.74, 6) is -1.31. The molecule has 0 aliphatic rings. The molecule has 0 amide bonds. The molecule has 0 bridgehead atoms. The zero-order valence-corrected chi connectivity index (χ0v) is 11.6. The van der Waals surface area contributed by atoms with Crippen LogP contribution < -0.4 is 4.72 Å². The smallest absolute Gasteiger partial charge is 0.321 e. The Bertz CT molecular complexity index is 621. The minimum absolute atomic E-state index is 0.0141. The molecule has 0 aromatic heterocycles. The van der Waals surface area contributed by atoms with E-state index in [0.717, 1.165) is 0 Å². The van der Waals surface area contributed by atoms with Crippen molar-refractivity contribution < 1.29 is 23.1 Å². The van der Waals surface area contributed by atoms with Gasteiger partial charge in [0.1, 0.15) is 12.1 Å². The number of methoxy groups -OCH3 is 1. The van der Waals surface area contributed by atoms with Crippen molar-refractivity contribution >= 4 is 16.0 Å². The van der Waals surface area contributed by atoms with Crippen LogP contribution in [0, 0.1) is 11.3 Å². The summed E-state index contributed by atoms with van der Waals surface area (Å²) >= 11 is 0. The molecule has 0 radical (unpaired) electrons. The molecule has 0 fully saturated rings. The summed E-state index contributed by atoms with van der Waals surface area (Å²) in [5.41, 5.74) is -0.0455. The van der Waals surface area contributed by atoms with Crippen LogP contribution in [0.5, 0.6) is 0 Å². The van der Waals surface area contributed by atoms with Crippen LogP contribution >= 0.6 is 0 Å². The van der Waals surface area contributed by atoms with Gasteiger partial charge in [-0.1, -0.05) is 12.1 Å². The first-order valence-electron chi connectivity index (χ1n) is 5.65. The first-order valence-corrected chi connectivity index (χ1v) is 7.14. The summed E-state index contributed by atoms with van der Waals surface area (Å²) in [6.45, 7) is 0.0966. The van der Waals surface area contributed by atoms with E-state index < -0.39 is 22.0 Å². The van der Waals surface area contributed by atoms with Crippen molar-refractivity contribution in [2.45, 2.75) is 17.4 Å². The number of carbonyl (C=O) groups is 1. The lowest BCUT2D eigenvalue weighted by molar-refractivity contribution is -0.139. The maximum Gasteiger partial charge on any atom is 0.321 e. The van der Waals surface area contributed by atoms with Crippen molar-refractivity contribution in [2.75, 3.05) is 13.7 Å². The molecule has 0 spiro atoms. The van der Waals surface area contributed by atoms with Gasteiger partial charge in [0, 0.05) is 13.7 Å². The van der Waals surface area contributed by atoms with Gasteiger partial charge in [0.2, 0.25) is 10.0 Å². The Morgan fingerprint density at radius 3 is 2.70 bits per heavy atom. The normalized spacial score (nSPS) is 12.6. The fraction of sp³-hybridized carbons (Fsp3) is 0.333. The molecule has 1 unspecified atom stereocenters. The van der Waals surface area contributed by atoms with E-state index in [4.69, 9.17) is 15.1 Å². The highest BCUT2D eigenvalue weighted by Gasteiger charge is 2.26. The number of aliphatic carboxylic acids is 1. The third kappa shape index (κ3) is 4.03. The Labute approximate surface area is 116 Å². The van der Waals surface area contributed by atoms with Gasteiger partial charge in [-0.3, -0.25) is 4.79 Å². The number of nitriles is 1. The number of benzene rings is 1. The van der Waals surface area contributed by atoms with Crippen LogP contribution in [-0.2, 0) is 19.6 Å². The van der Waals surface area contributed by atoms with Crippen LogP contribution in [0.1, 0.15) is 12.0 Å². The molecule has 0 saturated carbocycles. The van der Waals surface area contributed by atoms with Gasteiger partial charge in [-0.2, -0.15) is 9.98 Å². The Kier molecular flexibility index (Phi) is 5.64. The van der Waals surface area contributed by atoms with Crippen LogP contribution in [0.15, 0.2) is 29.2 Å². The van der Waals surface area contributed by atoms with Crippen LogP contribution in [0.4, 0.5) is 0 Å². The number of ether oxygens (including phenoxy) is 1. The number of hydrogen-bond donors (Lipinski definition) is 2. The average molecular weight is 298 g/mol. The van der Waals surface area contributed by atoms with Crippen LogP contribution in [0.3, 0.4) is 0 Å². The lowest BCUT2D eigenvalue weighted by atomic mass is 10.2. The summed E-state index contributed by atoms with van der Waals surface area (Å²) in [6, 6.07) is 6.02. The standard InChI is InChI=1S/C12H14N2O5S/c1-19-7-6-10(12(15)16)14-20(17,18)11-5-3-2-4-9(11)8-13/h2-5,10,14H,6-7H2,1H3,(H,15,16). The quantitative estimate of drug-likeness (QED) is 0.749. The van der Waals surface area contributed by atoms with Gasteiger partial charge >= 0.3 is 5.97 Å². The van der Waals surface area contributed by atoms with Gasteiger partial charge in [0.25, 0.3) is 0 Å². The van der Waals surface area contributed by atoms with Crippen molar-refractivity contribution in [2.24, 2.45) is 0 Å². The maximum atomic E-state index is 12.1. The van der Waals surface area contributed by atoms with Crippen molar-refractivity contribution in [3.63, 3.8) is 0 Å². The molecule has 1 aromatic rings. The number of sulfonamides is 1. The number of carboxylic acid groups (broad SMARTS) is 1. The monoisotopic (exact) mass is 298 g/mol. The highest BCUT2D eigenvalue weighted by molar-refractivity contribution is 7.89. The SMILES string of the molecule is COCCC(NS(=O)(=O)c1ccccc1C#N)C(=O)O. The topological polar surface area (TPSA) is 116 Å². The molecular weight excluding hydrogens is 284 g/mol. The highest BCUT2D eigenvalue weighted by atomic mass is 32.2. The zero-order valence-electron chi connectivity index (χ0n) is 10.7. The number of nitrogens with zero attached hydrogens (tertiary/aromatic N) is 1. The van der Waals surface area contributed by atoms with Gasteiger partial charge in [-0.05, 0) is 18.6 Å². The molecule has 1 aromatic carbocycles. The van der Waals surface area contributed by atoms with Gasteiger partial charge in [0.05, 0.1) is 10.5 Å². The number of rotatable bonds is 7. The Balaban J connectivity index is 3.04. The fourth-order valence-corrected chi connectivity index (χ4v) is 2.89. The predicted octanol–water partition coefficient (Wildman–Crippen LogP) is 0.326. The van der Waals surface area contributed by atoms with E-state index in [-0.39, 0.29) is 23.5 Å². The molecule has 8 heteroatoms. The molecule has 0 heterocycles. The van der Waals surface area contributed by atoms with Gasteiger partial charge < -0.3 is 9.84 Å². The summed E-state index contributed by atoms with van der Waals surface area (Å²) in [6.07, 6.45) is -0.0141. The number of carboxylic acids is 1. The molecule has 0 aliphatic heterocycles. The zero-order chi connectivity index (χ0) is 15.2. The molecule has 20 heavy (non-hydrogen) atoms. The van der Waals surface area contributed by atoms with E-state index in [9.17, 15) is 13.2 Å². The second kappa shape index (κ2) is 7.00. The summed E-state index contributed by atoms with van der Waals surface area (Å²) < 4.78 is 31.0. The maximum absolute atomic E-state index is 12.1. The molecule has 1 rings (SSSR count). The van der Waals surface area contributed by atoms with E-state index in [2.05, 4.69) is 4.72 Å². The summed E-state index contributed by atoms with van der Waals surface area (Å²) in [5, 5.41) is 17.9. The minimum atomic E-state index is -4.09. The van der Waals surface area contributed by atoms with Crippen molar-refractivity contribution in [3.05, 3.63) is 29.8 Å². The fourth-order valence-electron chi connectivity index (χ4n) is 1.51. The second-order valence-electron chi connectivity index (χ2n) is 3.90. The van der Waals surface area contributed by atoms with Gasteiger partial charge in [-0.15, -0.1) is 0 Å². The first-order chi connectivity index (χ1) is 9.42. The average Bonchev–Trinajstić information content (AvgIpc) is 2.43.